The van der Waals surface area contributed by atoms with E-state index in [0.717, 1.165) is 30.8 Å². The lowest BCUT2D eigenvalue weighted by atomic mass is 10.1. The maximum atomic E-state index is 12.7. The Balaban J connectivity index is 1.87. The highest BCUT2D eigenvalue weighted by molar-refractivity contribution is 7.14. The third kappa shape index (κ3) is 1.97. The highest BCUT2D eigenvalue weighted by Gasteiger charge is 2.38. The highest BCUT2D eigenvalue weighted by atomic mass is 32.1. The van der Waals surface area contributed by atoms with E-state index in [4.69, 9.17) is 0 Å². The first-order valence-corrected chi connectivity index (χ1v) is 7.59. The standard InChI is InChI=1S/C14H20N2OS/c1-9-7-13(18-10(9)2)14(17)16-11-3-4-12(16)8-15-6-5-11/h7,11-12,15H,3-6,8H2,1-2H3. The van der Waals surface area contributed by atoms with Gasteiger partial charge in [0.15, 0.2) is 0 Å². The average molecular weight is 264 g/mol. The van der Waals surface area contributed by atoms with Crippen LogP contribution in [0.4, 0.5) is 0 Å². The molecule has 2 aliphatic heterocycles. The van der Waals surface area contributed by atoms with Crippen molar-refractivity contribution in [1.29, 1.82) is 0 Å². The van der Waals surface area contributed by atoms with Gasteiger partial charge in [0, 0.05) is 23.5 Å². The average Bonchev–Trinajstić information content (AvgIpc) is 2.78. The van der Waals surface area contributed by atoms with Crippen molar-refractivity contribution in [2.24, 2.45) is 0 Å². The number of hydrogen-bond acceptors (Lipinski definition) is 3. The maximum absolute atomic E-state index is 12.7. The summed E-state index contributed by atoms with van der Waals surface area (Å²) in [6.45, 7) is 6.19. The Morgan fingerprint density at radius 3 is 2.83 bits per heavy atom. The molecule has 2 aliphatic rings. The fraction of sp³-hybridized carbons (Fsp3) is 0.643. The van der Waals surface area contributed by atoms with Gasteiger partial charge >= 0.3 is 0 Å². The predicted octanol–water partition coefficient (Wildman–Crippen LogP) is 2.33. The third-order valence-electron chi connectivity index (χ3n) is 4.27. The molecule has 2 unspecified atom stereocenters. The van der Waals surface area contributed by atoms with Crippen LogP contribution in [0, 0.1) is 13.8 Å². The summed E-state index contributed by atoms with van der Waals surface area (Å²) in [6, 6.07) is 2.92. The molecule has 2 atom stereocenters. The Morgan fingerprint density at radius 1 is 1.33 bits per heavy atom. The van der Waals surface area contributed by atoms with Crippen molar-refractivity contribution in [3.63, 3.8) is 0 Å². The third-order valence-corrected chi connectivity index (χ3v) is 5.41. The number of aryl methyl sites for hydroxylation is 2. The lowest BCUT2D eigenvalue weighted by Gasteiger charge is -2.27. The van der Waals surface area contributed by atoms with Gasteiger partial charge in [0.1, 0.15) is 0 Å². The summed E-state index contributed by atoms with van der Waals surface area (Å²) < 4.78 is 0. The first-order valence-electron chi connectivity index (χ1n) is 6.77. The lowest BCUT2D eigenvalue weighted by molar-refractivity contribution is 0.0685. The van der Waals surface area contributed by atoms with Crippen molar-refractivity contribution in [2.75, 3.05) is 13.1 Å². The van der Waals surface area contributed by atoms with Gasteiger partial charge in [-0.15, -0.1) is 11.3 Å². The molecule has 98 valence electrons. The number of thiophene rings is 1. The number of nitrogens with one attached hydrogen (secondary N) is 1. The van der Waals surface area contributed by atoms with Crippen LogP contribution >= 0.6 is 11.3 Å². The molecule has 0 spiro atoms. The van der Waals surface area contributed by atoms with Crippen LogP contribution in [0.15, 0.2) is 6.07 Å². The Labute approximate surface area is 112 Å². The summed E-state index contributed by atoms with van der Waals surface area (Å²) in [6.07, 6.45) is 3.44. The molecule has 2 fully saturated rings. The summed E-state index contributed by atoms with van der Waals surface area (Å²) >= 11 is 1.64. The molecule has 0 saturated carbocycles. The van der Waals surface area contributed by atoms with Crippen molar-refractivity contribution in [3.8, 4) is 0 Å². The van der Waals surface area contributed by atoms with E-state index in [9.17, 15) is 4.79 Å². The molecule has 1 N–H and O–H groups in total. The first kappa shape index (κ1) is 12.2. The molecule has 3 nitrogen and oxygen atoms in total. The zero-order valence-corrected chi connectivity index (χ0v) is 11.8. The molecule has 4 heteroatoms. The van der Waals surface area contributed by atoms with Gasteiger partial charge in [-0.25, -0.2) is 0 Å². The fourth-order valence-electron chi connectivity index (χ4n) is 3.12. The Kier molecular flexibility index (Phi) is 3.16. The Bertz CT molecular complexity index is 435. The van der Waals surface area contributed by atoms with Crippen molar-refractivity contribution in [3.05, 3.63) is 21.4 Å². The number of carbonyl (C=O) groups is 1. The van der Waals surface area contributed by atoms with Crippen molar-refractivity contribution >= 4 is 17.2 Å². The van der Waals surface area contributed by atoms with Gasteiger partial charge in [0.25, 0.3) is 5.91 Å². The molecule has 18 heavy (non-hydrogen) atoms. The van der Waals surface area contributed by atoms with E-state index in [1.807, 2.05) is 0 Å². The molecule has 0 aromatic carbocycles. The first-order chi connectivity index (χ1) is 8.66. The summed E-state index contributed by atoms with van der Waals surface area (Å²) in [7, 11) is 0. The fourth-order valence-corrected chi connectivity index (χ4v) is 4.10. The number of fused-ring (bicyclic) bond motifs is 2. The van der Waals surface area contributed by atoms with Crippen LogP contribution < -0.4 is 5.32 Å². The van der Waals surface area contributed by atoms with Crippen LogP contribution in [0.5, 0.6) is 0 Å². The van der Waals surface area contributed by atoms with Gasteiger partial charge in [-0.2, -0.15) is 0 Å². The van der Waals surface area contributed by atoms with Crippen LogP contribution in [0.1, 0.15) is 39.4 Å². The largest absolute Gasteiger partial charge is 0.331 e. The molecule has 2 saturated heterocycles. The minimum atomic E-state index is 0.257. The van der Waals surface area contributed by atoms with E-state index in [1.165, 1.54) is 16.9 Å². The van der Waals surface area contributed by atoms with Crippen LogP contribution in [-0.4, -0.2) is 36.0 Å². The summed E-state index contributed by atoms with van der Waals surface area (Å²) in [5.41, 5.74) is 1.24. The molecule has 0 radical (unpaired) electrons. The van der Waals surface area contributed by atoms with Crippen LogP contribution in [0.3, 0.4) is 0 Å². The zero-order chi connectivity index (χ0) is 12.7. The monoisotopic (exact) mass is 264 g/mol. The normalized spacial score (nSPS) is 27.3. The summed E-state index contributed by atoms with van der Waals surface area (Å²) in [5.74, 6) is 0.257. The number of nitrogens with zero attached hydrogens (tertiary/aromatic N) is 1. The maximum Gasteiger partial charge on any atom is 0.264 e. The molecular weight excluding hydrogens is 244 g/mol. The number of amides is 1. The SMILES string of the molecule is Cc1cc(C(=O)N2C3CCNCC2CC3)sc1C. The minimum Gasteiger partial charge on any atom is -0.331 e. The van der Waals surface area contributed by atoms with E-state index in [0.29, 0.717) is 12.1 Å². The van der Waals surface area contributed by atoms with Crippen molar-refractivity contribution < 1.29 is 4.79 Å². The quantitative estimate of drug-likeness (QED) is 0.844. The van der Waals surface area contributed by atoms with Crippen LogP contribution in [0.25, 0.3) is 0 Å². The highest BCUT2D eigenvalue weighted by Crippen LogP contribution is 2.31. The minimum absolute atomic E-state index is 0.257. The predicted molar refractivity (Wildman–Crippen MR) is 74.3 cm³/mol. The molecule has 2 bridgehead atoms. The van der Waals surface area contributed by atoms with Gasteiger partial charge in [0.05, 0.1) is 4.88 Å². The van der Waals surface area contributed by atoms with E-state index in [1.54, 1.807) is 11.3 Å². The molecule has 3 heterocycles. The number of carbonyl (C=O) groups excluding carboxylic acids is 1. The second-order valence-corrected chi connectivity index (χ2v) is 6.70. The Morgan fingerprint density at radius 2 is 2.11 bits per heavy atom. The molecule has 3 rings (SSSR count). The summed E-state index contributed by atoms with van der Waals surface area (Å²) in [4.78, 5) is 17.0. The van der Waals surface area contributed by atoms with Gasteiger partial charge < -0.3 is 10.2 Å². The lowest BCUT2D eigenvalue weighted by Crippen LogP contribution is -2.42. The van der Waals surface area contributed by atoms with Crippen LogP contribution in [-0.2, 0) is 0 Å². The van der Waals surface area contributed by atoms with Crippen LogP contribution in [0.2, 0.25) is 0 Å². The van der Waals surface area contributed by atoms with Gasteiger partial charge in [0.2, 0.25) is 0 Å². The van der Waals surface area contributed by atoms with E-state index < -0.39 is 0 Å². The van der Waals surface area contributed by atoms with Crippen molar-refractivity contribution in [2.45, 2.75) is 45.2 Å². The topological polar surface area (TPSA) is 32.3 Å². The molecular formula is C14H20N2OS. The van der Waals surface area contributed by atoms with Gasteiger partial charge in [-0.1, -0.05) is 0 Å². The van der Waals surface area contributed by atoms with E-state index in [2.05, 4.69) is 30.1 Å². The van der Waals surface area contributed by atoms with Crippen molar-refractivity contribution in [1.82, 2.24) is 10.2 Å². The molecule has 1 aromatic rings. The van der Waals surface area contributed by atoms with Gasteiger partial charge in [-0.05, 0) is 51.3 Å². The van der Waals surface area contributed by atoms with E-state index >= 15 is 0 Å². The summed E-state index contributed by atoms with van der Waals surface area (Å²) in [5, 5.41) is 3.44. The van der Waals surface area contributed by atoms with E-state index in [-0.39, 0.29) is 5.91 Å². The Hall–Kier alpha value is -0.870. The zero-order valence-electron chi connectivity index (χ0n) is 11.0. The number of rotatable bonds is 1. The smallest absolute Gasteiger partial charge is 0.264 e. The molecule has 0 aliphatic carbocycles. The number of hydrogen-bond donors (Lipinski definition) is 1. The molecule has 1 amide bonds. The van der Waals surface area contributed by atoms with Gasteiger partial charge in [-0.3, -0.25) is 4.79 Å². The second-order valence-electron chi connectivity index (χ2n) is 5.44. The molecule has 1 aromatic heterocycles. The second kappa shape index (κ2) is 4.67.